The van der Waals surface area contributed by atoms with E-state index in [0.717, 1.165) is 25.7 Å². The maximum atomic E-state index is 8.88. The van der Waals surface area contributed by atoms with E-state index in [4.69, 9.17) is 26.3 Å². The first-order valence-electron chi connectivity index (χ1n) is 5.34. The minimum Gasteiger partial charge on any atom is -0.448 e. The molecule has 3 rings (SSSR count). The van der Waals surface area contributed by atoms with Crippen molar-refractivity contribution in [1.29, 1.82) is 5.26 Å². The molecule has 0 atom stereocenters. The van der Waals surface area contributed by atoms with Gasteiger partial charge in [0.2, 0.25) is 0 Å². The topological polar surface area (TPSA) is 42.2 Å². The van der Waals surface area contributed by atoms with Gasteiger partial charge in [-0.05, 0) is 12.8 Å². The summed E-state index contributed by atoms with van der Waals surface area (Å²) in [6.07, 6.45) is 4.04. The van der Waals surface area contributed by atoms with Crippen molar-refractivity contribution in [3.8, 4) is 17.6 Å². The van der Waals surface area contributed by atoms with Crippen LogP contribution in [0.15, 0.2) is 12.1 Å². The van der Waals surface area contributed by atoms with Gasteiger partial charge in [0.15, 0.2) is 11.5 Å². The average Bonchev–Trinajstić information content (AvgIpc) is 2.84. The Bertz CT molecular complexity index is 487. The van der Waals surface area contributed by atoms with E-state index in [2.05, 4.69) is 0 Å². The van der Waals surface area contributed by atoms with Crippen molar-refractivity contribution in [2.75, 3.05) is 0 Å². The van der Waals surface area contributed by atoms with Crippen LogP contribution in [0.25, 0.3) is 0 Å². The second-order valence-electron chi connectivity index (χ2n) is 4.21. The molecule has 16 heavy (non-hydrogen) atoms. The van der Waals surface area contributed by atoms with E-state index in [-0.39, 0.29) is 0 Å². The molecule has 0 N–H and O–H groups in total. The van der Waals surface area contributed by atoms with Crippen LogP contribution in [0, 0.1) is 11.3 Å². The Kier molecular flexibility index (Phi) is 2.02. The van der Waals surface area contributed by atoms with Gasteiger partial charge in [-0.1, -0.05) is 11.6 Å². The summed E-state index contributed by atoms with van der Waals surface area (Å²) in [6.45, 7) is 0. The molecule has 0 unspecified atom stereocenters. The van der Waals surface area contributed by atoms with E-state index in [1.54, 1.807) is 12.1 Å². The molecule has 1 saturated carbocycles. The molecular weight excluding hydrogens is 226 g/mol. The molecule has 4 heteroatoms. The van der Waals surface area contributed by atoms with Crippen LogP contribution in [-0.2, 0) is 0 Å². The van der Waals surface area contributed by atoms with Gasteiger partial charge in [-0.2, -0.15) is 5.26 Å². The first-order chi connectivity index (χ1) is 7.72. The number of hydrogen-bond acceptors (Lipinski definition) is 3. The second kappa shape index (κ2) is 3.29. The Balaban J connectivity index is 2.01. The summed E-state index contributed by atoms with van der Waals surface area (Å²) in [5, 5.41) is 9.29. The highest BCUT2D eigenvalue weighted by atomic mass is 35.5. The van der Waals surface area contributed by atoms with Crippen LogP contribution < -0.4 is 9.47 Å². The quantitative estimate of drug-likeness (QED) is 0.693. The lowest BCUT2D eigenvalue weighted by Gasteiger charge is -2.21. The third kappa shape index (κ3) is 1.34. The Morgan fingerprint density at radius 3 is 2.44 bits per heavy atom. The fourth-order valence-corrected chi connectivity index (χ4v) is 2.52. The number of ether oxygens (including phenoxy) is 2. The van der Waals surface area contributed by atoms with Gasteiger partial charge in [-0.3, -0.25) is 0 Å². The van der Waals surface area contributed by atoms with Crippen LogP contribution in [0.5, 0.6) is 11.5 Å². The summed E-state index contributed by atoms with van der Waals surface area (Å²) < 4.78 is 11.6. The molecule has 0 bridgehead atoms. The predicted molar refractivity (Wildman–Crippen MR) is 58.6 cm³/mol. The number of hydrogen-bond donors (Lipinski definition) is 0. The van der Waals surface area contributed by atoms with E-state index in [1.165, 1.54) is 0 Å². The highest BCUT2D eigenvalue weighted by Crippen LogP contribution is 2.47. The van der Waals surface area contributed by atoms with Crippen LogP contribution >= 0.6 is 11.6 Å². The minimum atomic E-state index is -0.486. The molecule has 1 spiro atoms. The maximum absolute atomic E-state index is 8.88. The van der Waals surface area contributed by atoms with Crippen LogP contribution in [0.2, 0.25) is 5.02 Å². The summed E-state index contributed by atoms with van der Waals surface area (Å²) >= 11 is 5.95. The lowest BCUT2D eigenvalue weighted by atomic mass is 10.2. The zero-order valence-corrected chi connectivity index (χ0v) is 9.38. The van der Waals surface area contributed by atoms with E-state index in [0.29, 0.717) is 22.1 Å². The van der Waals surface area contributed by atoms with Gasteiger partial charge in [-0.15, -0.1) is 0 Å². The number of rotatable bonds is 0. The van der Waals surface area contributed by atoms with Gasteiger partial charge < -0.3 is 9.47 Å². The van der Waals surface area contributed by atoms with Gasteiger partial charge in [-0.25, -0.2) is 0 Å². The Hall–Kier alpha value is -1.40. The maximum Gasteiger partial charge on any atom is 0.251 e. The zero-order chi connectivity index (χ0) is 11.2. The fourth-order valence-electron chi connectivity index (χ4n) is 2.32. The van der Waals surface area contributed by atoms with Gasteiger partial charge in [0.05, 0.1) is 10.6 Å². The molecule has 1 aromatic rings. The highest BCUT2D eigenvalue weighted by molar-refractivity contribution is 6.32. The van der Waals surface area contributed by atoms with Crippen molar-refractivity contribution in [2.45, 2.75) is 31.5 Å². The zero-order valence-electron chi connectivity index (χ0n) is 8.62. The molecule has 0 aromatic heterocycles. The van der Waals surface area contributed by atoms with Crippen molar-refractivity contribution >= 4 is 11.6 Å². The Morgan fingerprint density at radius 1 is 1.19 bits per heavy atom. The molecule has 1 aromatic carbocycles. The smallest absolute Gasteiger partial charge is 0.251 e. The normalized spacial score (nSPS) is 20.0. The molecule has 0 amide bonds. The van der Waals surface area contributed by atoms with Crippen molar-refractivity contribution in [1.82, 2.24) is 0 Å². The van der Waals surface area contributed by atoms with Crippen molar-refractivity contribution in [3.63, 3.8) is 0 Å². The van der Waals surface area contributed by atoms with E-state index in [1.807, 2.05) is 6.07 Å². The second-order valence-corrected chi connectivity index (χ2v) is 4.62. The van der Waals surface area contributed by atoms with E-state index >= 15 is 0 Å². The molecule has 1 aliphatic carbocycles. The molecule has 1 fully saturated rings. The van der Waals surface area contributed by atoms with Crippen molar-refractivity contribution in [3.05, 3.63) is 22.7 Å². The minimum absolute atomic E-state index is 0.417. The number of fused-ring (bicyclic) bond motifs is 1. The lowest BCUT2D eigenvalue weighted by Crippen LogP contribution is -2.34. The average molecular weight is 236 g/mol. The van der Waals surface area contributed by atoms with Gasteiger partial charge >= 0.3 is 0 Å². The van der Waals surface area contributed by atoms with Crippen molar-refractivity contribution in [2.24, 2.45) is 0 Å². The molecule has 1 heterocycles. The molecule has 0 radical (unpaired) electrons. The summed E-state index contributed by atoms with van der Waals surface area (Å²) in [4.78, 5) is 0. The Labute approximate surface area is 98.5 Å². The number of benzene rings is 1. The summed E-state index contributed by atoms with van der Waals surface area (Å²) in [6, 6.07) is 5.36. The third-order valence-corrected chi connectivity index (χ3v) is 3.42. The summed E-state index contributed by atoms with van der Waals surface area (Å²) in [7, 11) is 0. The molecule has 1 aliphatic heterocycles. The SMILES string of the molecule is N#Cc1cc2c(cc1Cl)OC1(CCCC1)O2. The fraction of sp³-hybridized carbons (Fsp3) is 0.417. The van der Waals surface area contributed by atoms with Gasteiger partial charge in [0, 0.05) is 25.0 Å². The molecule has 82 valence electrons. The van der Waals surface area contributed by atoms with Crippen LogP contribution in [0.1, 0.15) is 31.2 Å². The first-order valence-corrected chi connectivity index (χ1v) is 5.72. The number of nitrogens with zero attached hydrogens (tertiary/aromatic N) is 1. The van der Waals surface area contributed by atoms with Gasteiger partial charge in [0.1, 0.15) is 6.07 Å². The highest BCUT2D eigenvalue weighted by Gasteiger charge is 2.44. The lowest BCUT2D eigenvalue weighted by molar-refractivity contribution is -0.0716. The van der Waals surface area contributed by atoms with Crippen LogP contribution in [-0.4, -0.2) is 5.79 Å². The van der Waals surface area contributed by atoms with E-state index < -0.39 is 5.79 Å². The molecule has 3 nitrogen and oxygen atoms in total. The third-order valence-electron chi connectivity index (χ3n) is 3.11. The summed E-state index contributed by atoms with van der Waals surface area (Å²) in [5.74, 6) is 0.813. The number of halogens is 1. The number of nitriles is 1. The standard InChI is InChI=1S/C12H10ClNO2/c13-9-6-11-10(5-8(9)7-14)15-12(16-11)3-1-2-4-12/h5-6H,1-4H2. The molecule has 2 aliphatic rings. The first kappa shape index (κ1) is 9.80. The Morgan fingerprint density at radius 2 is 1.81 bits per heavy atom. The molecular formula is C12H10ClNO2. The summed E-state index contributed by atoms with van der Waals surface area (Å²) in [5.41, 5.74) is 0.430. The van der Waals surface area contributed by atoms with E-state index in [9.17, 15) is 0 Å². The van der Waals surface area contributed by atoms with Crippen LogP contribution in [0.4, 0.5) is 0 Å². The molecule has 0 saturated heterocycles. The monoisotopic (exact) mass is 235 g/mol. The van der Waals surface area contributed by atoms with Crippen LogP contribution in [0.3, 0.4) is 0 Å². The van der Waals surface area contributed by atoms with Crippen molar-refractivity contribution < 1.29 is 9.47 Å². The van der Waals surface area contributed by atoms with Gasteiger partial charge in [0.25, 0.3) is 5.79 Å². The predicted octanol–water partition coefficient (Wildman–Crippen LogP) is 3.25. The largest absolute Gasteiger partial charge is 0.448 e.